The molecule has 2 aromatic carbocycles. The van der Waals surface area contributed by atoms with Gasteiger partial charge in [-0.1, -0.05) is 12.1 Å². The van der Waals surface area contributed by atoms with Crippen LogP contribution in [-0.2, 0) is 0 Å². The van der Waals surface area contributed by atoms with Gasteiger partial charge in [0.2, 0.25) is 0 Å². The molecule has 140 valence electrons. The minimum absolute atomic E-state index is 0.215. The first-order valence-electron chi connectivity index (χ1n) is 8.67. The van der Waals surface area contributed by atoms with Crippen molar-refractivity contribution in [3.8, 4) is 16.9 Å². The van der Waals surface area contributed by atoms with Gasteiger partial charge in [-0.05, 0) is 48.9 Å². The molecular formula is C20H17FN6O. The summed E-state index contributed by atoms with van der Waals surface area (Å²) in [6.45, 7) is 1.90. The van der Waals surface area contributed by atoms with E-state index in [1.807, 2.05) is 31.2 Å². The summed E-state index contributed by atoms with van der Waals surface area (Å²) in [5.41, 5.74) is 3.47. The molecule has 4 aromatic rings. The quantitative estimate of drug-likeness (QED) is 0.559. The Kier molecular flexibility index (Phi) is 4.67. The highest BCUT2D eigenvalue weighted by Crippen LogP contribution is 2.22. The number of hydrogen-bond acceptors (Lipinski definition) is 4. The number of halogens is 1. The van der Waals surface area contributed by atoms with Crippen LogP contribution >= 0.6 is 0 Å². The van der Waals surface area contributed by atoms with E-state index < -0.39 is 0 Å². The Bertz CT molecular complexity index is 1070. The fraction of sp³-hybridized carbons (Fsp3) is 0.100. The van der Waals surface area contributed by atoms with Crippen molar-refractivity contribution in [2.75, 3.05) is 0 Å². The van der Waals surface area contributed by atoms with E-state index in [9.17, 15) is 9.18 Å². The first-order valence-corrected chi connectivity index (χ1v) is 8.67. The minimum Gasteiger partial charge on any atom is -0.345 e. The lowest BCUT2D eigenvalue weighted by atomic mass is 10.1. The van der Waals surface area contributed by atoms with Crippen LogP contribution in [0.3, 0.4) is 0 Å². The van der Waals surface area contributed by atoms with E-state index in [0.29, 0.717) is 16.8 Å². The summed E-state index contributed by atoms with van der Waals surface area (Å²) < 4.78 is 14.8. The molecule has 1 amide bonds. The molecule has 1 atom stereocenters. The lowest BCUT2D eigenvalue weighted by Gasteiger charge is -2.15. The summed E-state index contributed by atoms with van der Waals surface area (Å²) in [4.78, 5) is 16.7. The summed E-state index contributed by atoms with van der Waals surface area (Å²) in [7, 11) is 0. The number of carbonyl (C=O) groups is 1. The third kappa shape index (κ3) is 3.52. The van der Waals surface area contributed by atoms with Crippen molar-refractivity contribution in [1.29, 1.82) is 0 Å². The molecule has 2 aromatic heterocycles. The predicted molar refractivity (Wildman–Crippen MR) is 101 cm³/mol. The summed E-state index contributed by atoms with van der Waals surface area (Å²) in [6.07, 6.45) is 4.56. The Morgan fingerprint density at radius 1 is 1.14 bits per heavy atom. The van der Waals surface area contributed by atoms with Crippen LogP contribution < -0.4 is 5.32 Å². The van der Waals surface area contributed by atoms with E-state index in [0.717, 1.165) is 11.3 Å². The van der Waals surface area contributed by atoms with Crippen molar-refractivity contribution < 1.29 is 9.18 Å². The van der Waals surface area contributed by atoms with Crippen LogP contribution in [0.1, 0.15) is 28.9 Å². The van der Waals surface area contributed by atoms with E-state index >= 15 is 0 Å². The average Bonchev–Trinajstić information content (AvgIpc) is 3.41. The number of rotatable bonds is 5. The maximum atomic E-state index is 13.2. The van der Waals surface area contributed by atoms with Gasteiger partial charge in [-0.3, -0.25) is 9.89 Å². The summed E-state index contributed by atoms with van der Waals surface area (Å²) in [5.74, 6) is -0.599. The number of aromatic amines is 1. The zero-order chi connectivity index (χ0) is 19.5. The van der Waals surface area contributed by atoms with Gasteiger partial charge in [0, 0.05) is 5.56 Å². The smallest absolute Gasteiger partial charge is 0.255 e. The lowest BCUT2D eigenvalue weighted by Crippen LogP contribution is -2.26. The first kappa shape index (κ1) is 17.6. The van der Waals surface area contributed by atoms with Gasteiger partial charge >= 0.3 is 0 Å². The van der Waals surface area contributed by atoms with Crippen LogP contribution in [0.2, 0.25) is 0 Å². The topological polar surface area (TPSA) is 88.5 Å². The highest BCUT2D eigenvalue weighted by molar-refractivity contribution is 5.99. The van der Waals surface area contributed by atoms with Crippen molar-refractivity contribution in [2.24, 2.45) is 0 Å². The van der Waals surface area contributed by atoms with Crippen LogP contribution in [0.4, 0.5) is 4.39 Å². The Balaban J connectivity index is 1.49. The Labute approximate surface area is 160 Å². The SMILES string of the molecule is CC(NC(=O)c1cn[nH]c1-c1ccc(F)cc1)c1ccc(-n2cncn2)cc1. The van der Waals surface area contributed by atoms with Gasteiger partial charge in [0.1, 0.15) is 18.5 Å². The number of nitrogens with zero attached hydrogens (tertiary/aromatic N) is 4. The van der Waals surface area contributed by atoms with E-state index in [-0.39, 0.29) is 17.8 Å². The highest BCUT2D eigenvalue weighted by atomic mass is 19.1. The molecule has 7 nitrogen and oxygen atoms in total. The third-order valence-electron chi connectivity index (χ3n) is 4.44. The molecule has 2 N–H and O–H groups in total. The zero-order valence-corrected chi connectivity index (χ0v) is 15.0. The van der Waals surface area contributed by atoms with Gasteiger partial charge < -0.3 is 5.32 Å². The molecule has 0 saturated heterocycles. The zero-order valence-electron chi connectivity index (χ0n) is 15.0. The fourth-order valence-electron chi connectivity index (χ4n) is 2.91. The first-order chi connectivity index (χ1) is 13.6. The Hall–Kier alpha value is -3.81. The van der Waals surface area contributed by atoms with Crippen molar-refractivity contribution in [2.45, 2.75) is 13.0 Å². The Morgan fingerprint density at radius 3 is 2.57 bits per heavy atom. The fourth-order valence-corrected chi connectivity index (χ4v) is 2.91. The average molecular weight is 376 g/mol. The largest absolute Gasteiger partial charge is 0.345 e. The summed E-state index contributed by atoms with van der Waals surface area (Å²) in [5, 5.41) is 13.8. The maximum absolute atomic E-state index is 13.2. The van der Waals surface area contributed by atoms with Gasteiger partial charge in [0.05, 0.1) is 29.2 Å². The minimum atomic E-state index is -0.336. The number of carbonyl (C=O) groups excluding carboxylic acids is 1. The van der Waals surface area contributed by atoms with E-state index in [2.05, 4.69) is 25.6 Å². The molecule has 0 fully saturated rings. The molecule has 0 spiro atoms. The monoisotopic (exact) mass is 376 g/mol. The van der Waals surface area contributed by atoms with Gasteiger partial charge in [-0.15, -0.1) is 0 Å². The Morgan fingerprint density at radius 2 is 1.89 bits per heavy atom. The van der Waals surface area contributed by atoms with Crippen molar-refractivity contribution in [3.05, 3.63) is 84.3 Å². The molecule has 0 saturated carbocycles. The standard InChI is InChI=1S/C20H17FN6O/c1-13(14-4-8-17(9-5-14)27-12-22-11-24-27)25-20(28)18-10-23-26-19(18)15-2-6-16(21)7-3-15/h2-13H,1H3,(H,23,26)(H,25,28). The molecule has 0 bridgehead atoms. The van der Waals surface area contributed by atoms with Gasteiger partial charge in [-0.2, -0.15) is 10.2 Å². The molecule has 0 aliphatic carbocycles. The normalized spacial score (nSPS) is 11.9. The maximum Gasteiger partial charge on any atom is 0.255 e. The van der Waals surface area contributed by atoms with E-state index in [1.165, 1.54) is 24.7 Å². The molecular weight excluding hydrogens is 359 g/mol. The number of aromatic nitrogens is 5. The second kappa shape index (κ2) is 7.43. The molecule has 28 heavy (non-hydrogen) atoms. The third-order valence-corrected chi connectivity index (χ3v) is 4.44. The van der Waals surface area contributed by atoms with Gasteiger partial charge in [0.25, 0.3) is 5.91 Å². The van der Waals surface area contributed by atoms with Gasteiger partial charge in [-0.25, -0.2) is 14.1 Å². The van der Waals surface area contributed by atoms with Crippen molar-refractivity contribution >= 4 is 5.91 Å². The van der Waals surface area contributed by atoms with Crippen LogP contribution in [0.15, 0.2) is 67.4 Å². The predicted octanol–water partition coefficient (Wildman–Crippen LogP) is 3.29. The molecule has 0 radical (unpaired) electrons. The lowest BCUT2D eigenvalue weighted by molar-refractivity contribution is 0.0940. The van der Waals surface area contributed by atoms with E-state index in [1.54, 1.807) is 23.1 Å². The number of amides is 1. The number of benzene rings is 2. The van der Waals surface area contributed by atoms with Crippen LogP contribution in [0.5, 0.6) is 0 Å². The van der Waals surface area contributed by atoms with Crippen LogP contribution in [0.25, 0.3) is 16.9 Å². The van der Waals surface area contributed by atoms with Crippen LogP contribution in [0, 0.1) is 5.82 Å². The van der Waals surface area contributed by atoms with Crippen LogP contribution in [-0.4, -0.2) is 30.9 Å². The summed E-state index contributed by atoms with van der Waals surface area (Å²) in [6, 6.07) is 13.4. The number of hydrogen-bond donors (Lipinski definition) is 2. The molecule has 4 rings (SSSR count). The second-order valence-corrected chi connectivity index (χ2v) is 6.29. The summed E-state index contributed by atoms with van der Waals surface area (Å²) >= 11 is 0. The molecule has 0 aliphatic rings. The molecule has 0 aliphatic heterocycles. The van der Waals surface area contributed by atoms with Crippen molar-refractivity contribution in [1.82, 2.24) is 30.3 Å². The van der Waals surface area contributed by atoms with Crippen molar-refractivity contribution in [3.63, 3.8) is 0 Å². The molecule has 2 heterocycles. The molecule has 8 heteroatoms. The highest BCUT2D eigenvalue weighted by Gasteiger charge is 2.18. The van der Waals surface area contributed by atoms with E-state index in [4.69, 9.17) is 0 Å². The number of nitrogens with one attached hydrogen (secondary N) is 2. The molecule has 1 unspecified atom stereocenters. The second-order valence-electron chi connectivity index (χ2n) is 6.29. The number of H-pyrrole nitrogens is 1. The van der Waals surface area contributed by atoms with Gasteiger partial charge in [0.15, 0.2) is 0 Å².